The van der Waals surface area contributed by atoms with Crippen molar-refractivity contribution in [3.8, 4) is 11.8 Å². The molecular weight excluding hydrogens is 216 g/mol. The van der Waals surface area contributed by atoms with Gasteiger partial charge in [-0.05, 0) is 30.6 Å². The summed E-state index contributed by atoms with van der Waals surface area (Å²) < 4.78 is 11.4. The minimum atomic E-state index is -0.269. The Hall–Kier alpha value is -0.850. The SMILES string of the molecule is CC(=O)C#CC(OC1CCCCO1)C(C)(C)C. The van der Waals surface area contributed by atoms with Crippen molar-refractivity contribution in [2.24, 2.45) is 5.41 Å². The summed E-state index contributed by atoms with van der Waals surface area (Å²) in [6, 6.07) is 0. The second-order valence-corrected chi connectivity index (χ2v) is 5.50. The Balaban J connectivity index is 2.64. The van der Waals surface area contributed by atoms with Crippen LogP contribution in [-0.4, -0.2) is 24.8 Å². The van der Waals surface area contributed by atoms with Crippen LogP contribution in [0.1, 0.15) is 47.0 Å². The first-order valence-corrected chi connectivity index (χ1v) is 6.19. The molecule has 3 heteroatoms. The summed E-state index contributed by atoms with van der Waals surface area (Å²) >= 11 is 0. The highest BCUT2D eigenvalue weighted by Gasteiger charge is 2.28. The molecule has 0 spiro atoms. The molecule has 0 saturated carbocycles. The van der Waals surface area contributed by atoms with E-state index in [0.29, 0.717) is 0 Å². The standard InChI is InChI=1S/C14H22O3/c1-11(15)8-9-12(14(2,3)4)17-13-7-5-6-10-16-13/h12-13H,5-7,10H2,1-4H3. The molecular formula is C14H22O3. The summed E-state index contributed by atoms with van der Waals surface area (Å²) in [5, 5.41) is 0. The summed E-state index contributed by atoms with van der Waals surface area (Å²) in [6.45, 7) is 8.37. The van der Waals surface area contributed by atoms with Crippen LogP contribution in [0.25, 0.3) is 0 Å². The predicted molar refractivity (Wildman–Crippen MR) is 66.4 cm³/mol. The number of hydrogen-bond acceptors (Lipinski definition) is 3. The van der Waals surface area contributed by atoms with Crippen LogP contribution in [0.15, 0.2) is 0 Å². The van der Waals surface area contributed by atoms with E-state index in [1.54, 1.807) is 0 Å². The first kappa shape index (κ1) is 14.2. The quantitative estimate of drug-likeness (QED) is 0.548. The van der Waals surface area contributed by atoms with Gasteiger partial charge in [-0.2, -0.15) is 0 Å². The van der Waals surface area contributed by atoms with E-state index in [9.17, 15) is 4.79 Å². The van der Waals surface area contributed by atoms with Crippen molar-refractivity contribution >= 4 is 5.78 Å². The van der Waals surface area contributed by atoms with E-state index in [-0.39, 0.29) is 23.6 Å². The lowest BCUT2D eigenvalue weighted by atomic mass is 9.89. The number of Topliss-reactive ketones (excluding diaryl/α,β-unsaturated/α-hetero) is 1. The van der Waals surface area contributed by atoms with Crippen molar-refractivity contribution in [1.29, 1.82) is 0 Å². The van der Waals surface area contributed by atoms with Crippen LogP contribution >= 0.6 is 0 Å². The van der Waals surface area contributed by atoms with Crippen LogP contribution in [0.2, 0.25) is 0 Å². The normalized spacial score (nSPS) is 22.5. The van der Waals surface area contributed by atoms with Crippen LogP contribution in [0, 0.1) is 17.3 Å². The van der Waals surface area contributed by atoms with Crippen molar-refractivity contribution in [3.05, 3.63) is 0 Å². The van der Waals surface area contributed by atoms with Crippen LogP contribution in [0.4, 0.5) is 0 Å². The zero-order valence-corrected chi connectivity index (χ0v) is 11.2. The first-order valence-electron chi connectivity index (χ1n) is 6.19. The third-order valence-electron chi connectivity index (χ3n) is 2.59. The molecule has 0 N–H and O–H groups in total. The highest BCUT2D eigenvalue weighted by Crippen LogP contribution is 2.25. The monoisotopic (exact) mass is 238 g/mol. The highest BCUT2D eigenvalue weighted by atomic mass is 16.7. The Morgan fingerprint density at radius 3 is 2.59 bits per heavy atom. The van der Waals surface area contributed by atoms with Crippen molar-refractivity contribution in [1.82, 2.24) is 0 Å². The van der Waals surface area contributed by atoms with Crippen molar-refractivity contribution < 1.29 is 14.3 Å². The van der Waals surface area contributed by atoms with Gasteiger partial charge in [0.2, 0.25) is 5.78 Å². The summed E-state index contributed by atoms with van der Waals surface area (Å²) in [7, 11) is 0. The summed E-state index contributed by atoms with van der Waals surface area (Å²) in [5.41, 5.74) is -0.122. The van der Waals surface area contributed by atoms with E-state index in [2.05, 4.69) is 32.6 Å². The van der Waals surface area contributed by atoms with Gasteiger partial charge in [0.25, 0.3) is 0 Å². The fraction of sp³-hybridized carbons (Fsp3) is 0.786. The maximum absolute atomic E-state index is 10.9. The van der Waals surface area contributed by atoms with Gasteiger partial charge in [0.15, 0.2) is 6.29 Å². The zero-order valence-electron chi connectivity index (χ0n) is 11.2. The number of ketones is 1. The van der Waals surface area contributed by atoms with Crippen LogP contribution < -0.4 is 0 Å². The number of rotatable bonds is 2. The molecule has 0 aromatic carbocycles. The van der Waals surface area contributed by atoms with Gasteiger partial charge in [0, 0.05) is 13.5 Å². The molecule has 1 heterocycles. The number of carbonyl (C=O) groups excluding carboxylic acids is 1. The topological polar surface area (TPSA) is 35.5 Å². The van der Waals surface area contributed by atoms with Gasteiger partial charge >= 0.3 is 0 Å². The Bertz CT molecular complexity index is 311. The largest absolute Gasteiger partial charge is 0.353 e. The Labute approximate surface area is 104 Å². The molecule has 1 aliphatic heterocycles. The Kier molecular flexibility index (Phi) is 5.17. The van der Waals surface area contributed by atoms with Gasteiger partial charge in [-0.3, -0.25) is 4.79 Å². The maximum atomic E-state index is 10.9. The lowest BCUT2D eigenvalue weighted by Crippen LogP contribution is -2.35. The second-order valence-electron chi connectivity index (χ2n) is 5.50. The lowest BCUT2D eigenvalue weighted by molar-refractivity contribution is -0.192. The smallest absolute Gasteiger partial charge is 0.202 e. The molecule has 17 heavy (non-hydrogen) atoms. The molecule has 0 aromatic heterocycles. The van der Waals surface area contributed by atoms with E-state index in [1.807, 2.05) is 0 Å². The molecule has 0 bridgehead atoms. The Morgan fingerprint density at radius 2 is 2.12 bits per heavy atom. The van der Waals surface area contributed by atoms with Crippen molar-refractivity contribution in [2.75, 3.05) is 6.61 Å². The second kappa shape index (κ2) is 6.18. The van der Waals surface area contributed by atoms with Crippen LogP contribution in [-0.2, 0) is 14.3 Å². The van der Waals surface area contributed by atoms with E-state index < -0.39 is 0 Å². The summed E-state index contributed by atoms with van der Waals surface area (Å²) in [4.78, 5) is 10.9. The molecule has 2 unspecified atom stereocenters. The van der Waals surface area contributed by atoms with Gasteiger partial charge in [-0.15, -0.1) is 0 Å². The number of carbonyl (C=O) groups is 1. The van der Waals surface area contributed by atoms with E-state index in [1.165, 1.54) is 6.92 Å². The number of ether oxygens (including phenoxy) is 2. The van der Waals surface area contributed by atoms with Gasteiger partial charge in [0.1, 0.15) is 6.10 Å². The minimum Gasteiger partial charge on any atom is -0.353 e. The fourth-order valence-electron chi connectivity index (χ4n) is 1.59. The minimum absolute atomic E-state index is 0.122. The predicted octanol–water partition coefficient (Wildman–Crippen LogP) is 2.54. The summed E-state index contributed by atoms with van der Waals surface area (Å²) in [6.07, 6.45) is 2.69. The molecule has 1 fully saturated rings. The average molecular weight is 238 g/mol. The fourth-order valence-corrected chi connectivity index (χ4v) is 1.59. The van der Waals surface area contributed by atoms with Crippen molar-refractivity contribution in [2.45, 2.75) is 59.4 Å². The Morgan fingerprint density at radius 1 is 1.41 bits per heavy atom. The van der Waals surface area contributed by atoms with E-state index in [0.717, 1.165) is 25.9 Å². The molecule has 1 aliphatic rings. The van der Waals surface area contributed by atoms with Gasteiger partial charge in [-0.25, -0.2) is 0 Å². The highest BCUT2D eigenvalue weighted by molar-refractivity contribution is 5.93. The van der Waals surface area contributed by atoms with E-state index in [4.69, 9.17) is 9.47 Å². The van der Waals surface area contributed by atoms with Gasteiger partial charge < -0.3 is 9.47 Å². The van der Waals surface area contributed by atoms with Crippen LogP contribution in [0.5, 0.6) is 0 Å². The maximum Gasteiger partial charge on any atom is 0.202 e. The summed E-state index contributed by atoms with van der Waals surface area (Å²) in [5.74, 6) is 5.34. The molecule has 1 saturated heterocycles. The molecule has 0 radical (unpaired) electrons. The molecule has 1 rings (SSSR count). The third kappa shape index (κ3) is 5.34. The van der Waals surface area contributed by atoms with E-state index >= 15 is 0 Å². The van der Waals surface area contributed by atoms with Gasteiger partial charge in [-0.1, -0.05) is 26.7 Å². The lowest BCUT2D eigenvalue weighted by Gasteiger charge is -2.32. The number of hydrogen-bond donors (Lipinski definition) is 0. The third-order valence-corrected chi connectivity index (χ3v) is 2.59. The molecule has 96 valence electrons. The molecule has 3 nitrogen and oxygen atoms in total. The zero-order chi connectivity index (χ0) is 12.9. The molecule has 0 aliphatic carbocycles. The molecule has 0 amide bonds. The van der Waals surface area contributed by atoms with Crippen LogP contribution in [0.3, 0.4) is 0 Å². The van der Waals surface area contributed by atoms with Crippen molar-refractivity contribution in [3.63, 3.8) is 0 Å². The average Bonchev–Trinajstić information content (AvgIpc) is 2.23. The first-order chi connectivity index (χ1) is 7.89. The molecule has 2 atom stereocenters. The molecule has 0 aromatic rings. The van der Waals surface area contributed by atoms with Gasteiger partial charge in [0.05, 0.1) is 0 Å².